The monoisotopic (exact) mass is 896 g/mol. The summed E-state index contributed by atoms with van der Waals surface area (Å²) >= 11 is 0. The predicted molar refractivity (Wildman–Crippen MR) is 248 cm³/mol. The minimum atomic E-state index is -0.909. The number of hydrogen-bond acceptors (Lipinski definition) is 8. The van der Waals surface area contributed by atoms with Crippen molar-refractivity contribution < 1.29 is 33.4 Å². The van der Waals surface area contributed by atoms with Gasteiger partial charge in [-0.05, 0) is 72.8 Å². The summed E-state index contributed by atoms with van der Waals surface area (Å²) in [7, 11) is 0. The number of hydrogen-bond donors (Lipinski definition) is 3. The predicted octanol–water partition coefficient (Wildman–Crippen LogP) is 5.60. The molecule has 9 rings (SSSR count). The smallest absolute Gasteiger partial charge is 0.318 e. The molecular weight excluding hydrogens is 837 g/mol. The van der Waals surface area contributed by atoms with E-state index >= 15 is 0 Å². The van der Waals surface area contributed by atoms with Crippen molar-refractivity contribution in [2.45, 2.75) is 81.5 Å². The van der Waals surface area contributed by atoms with Crippen molar-refractivity contribution in [3.63, 3.8) is 0 Å². The lowest BCUT2D eigenvalue weighted by atomic mass is 9.90. The molecule has 15 nitrogen and oxygen atoms in total. The number of likely N-dealkylation sites (tertiary alicyclic amines) is 2. The van der Waals surface area contributed by atoms with Crippen LogP contribution in [0.4, 0.5) is 4.79 Å². The van der Waals surface area contributed by atoms with Crippen molar-refractivity contribution in [2.75, 3.05) is 65.7 Å². The van der Waals surface area contributed by atoms with Crippen LogP contribution in [0.3, 0.4) is 0 Å². The molecule has 1 aliphatic carbocycles. The van der Waals surface area contributed by atoms with Gasteiger partial charge in [-0.1, -0.05) is 91.0 Å². The standard InChI is InChI=1S/C51H60N8O7/c60-45(56-25-29-65-30-26-56)33-41(37-9-3-1-4-10-37)49(62)58-23-7-13-43(58)47-52-34-42(54-47)38-17-15-35(16-18-38)36-19-21-40(22-20-36)53-48(61)44-14-8-24-59(44)50(63)46(39-11-5-2-6-12-39)55-51(64)57-27-31-66-32-28-57/h1-6,9-12,15-19,34,40-41,43-44,46H,7-8,13-14,20-33H2,(H,52,54)(H,53,61)(H,55,64)/t40?,41-,43?,44?,46+/m1/s1. The number of allylic oxidation sites excluding steroid dienone is 1. The van der Waals surface area contributed by atoms with E-state index in [9.17, 15) is 24.0 Å². The average Bonchev–Trinajstić information content (AvgIpc) is 4.19. The van der Waals surface area contributed by atoms with Crippen LogP contribution in [0.1, 0.15) is 91.9 Å². The van der Waals surface area contributed by atoms with Gasteiger partial charge in [0.05, 0.1) is 50.3 Å². The van der Waals surface area contributed by atoms with Gasteiger partial charge in [0.1, 0.15) is 17.9 Å². The van der Waals surface area contributed by atoms with Crippen LogP contribution in [0.15, 0.2) is 97.2 Å². The summed E-state index contributed by atoms with van der Waals surface area (Å²) in [5.74, 6) is -0.357. The molecule has 6 amide bonds. The number of aromatic amines is 1. The molecule has 4 aromatic rings. The lowest BCUT2D eigenvalue weighted by Gasteiger charge is -2.33. The molecule has 5 heterocycles. The summed E-state index contributed by atoms with van der Waals surface area (Å²) < 4.78 is 10.9. The number of H-pyrrole nitrogens is 1. The number of amides is 6. The Hall–Kier alpha value is -6.32. The summed E-state index contributed by atoms with van der Waals surface area (Å²) in [6.45, 7) is 4.97. The van der Waals surface area contributed by atoms with Gasteiger partial charge in [0.15, 0.2) is 0 Å². The van der Waals surface area contributed by atoms with E-state index < -0.39 is 18.0 Å². The van der Waals surface area contributed by atoms with Crippen LogP contribution in [-0.2, 0) is 28.7 Å². The largest absolute Gasteiger partial charge is 0.378 e. The quantitative estimate of drug-likeness (QED) is 0.165. The molecule has 0 bridgehead atoms. The summed E-state index contributed by atoms with van der Waals surface area (Å²) in [5.41, 5.74) is 5.71. The van der Waals surface area contributed by atoms with Crippen molar-refractivity contribution in [1.82, 2.24) is 40.2 Å². The van der Waals surface area contributed by atoms with Gasteiger partial charge in [0.25, 0.3) is 5.91 Å². The number of imidazole rings is 1. The Kier molecular flexibility index (Phi) is 14.2. The van der Waals surface area contributed by atoms with Gasteiger partial charge in [0, 0.05) is 51.7 Å². The van der Waals surface area contributed by atoms with Crippen LogP contribution >= 0.6 is 0 Å². The highest BCUT2D eigenvalue weighted by Gasteiger charge is 2.40. The van der Waals surface area contributed by atoms with E-state index in [1.165, 1.54) is 5.57 Å². The van der Waals surface area contributed by atoms with Gasteiger partial charge in [-0.15, -0.1) is 0 Å². The maximum Gasteiger partial charge on any atom is 0.318 e. The zero-order valence-electron chi connectivity index (χ0n) is 37.4. The topological polar surface area (TPSA) is 170 Å². The first kappa shape index (κ1) is 44.9. The second-order valence-electron chi connectivity index (χ2n) is 17.9. The van der Waals surface area contributed by atoms with Crippen LogP contribution in [0.25, 0.3) is 16.8 Å². The van der Waals surface area contributed by atoms with E-state index in [1.54, 1.807) is 14.7 Å². The number of aromatic nitrogens is 2. The first-order valence-corrected chi connectivity index (χ1v) is 23.7. The van der Waals surface area contributed by atoms with E-state index in [0.717, 1.165) is 53.9 Å². The Morgan fingerprint density at radius 1 is 0.697 bits per heavy atom. The SMILES string of the molecule is O=C(NC1CC=C(c2ccc(-c3cnc(C4CCCN4C(=O)[C@H](CC(=O)N4CCOCC4)c4ccccc4)[nH]3)cc2)CC1)C1CCCN1C(=O)[C@@H](NC(=O)N1CCOCC1)c1ccccc1. The van der Waals surface area contributed by atoms with Crippen LogP contribution < -0.4 is 10.6 Å². The van der Waals surface area contributed by atoms with Crippen molar-refractivity contribution in [3.05, 3.63) is 120 Å². The van der Waals surface area contributed by atoms with Crippen LogP contribution in [0, 0.1) is 0 Å². The highest BCUT2D eigenvalue weighted by Crippen LogP contribution is 2.36. The number of rotatable bonds is 12. The van der Waals surface area contributed by atoms with Crippen molar-refractivity contribution in [2.24, 2.45) is 0 Å². The van der Waals surface area contributed by atoms with Gasteiger partial charge in [0.2, 0.25) is 17.7 Å². The normalized spacial score (nSPS) is 22.1. The highest BCUT2D eigenvalue weighted by molar-refractivity contribution is 5.93. The van der Waals surface area contributed by atoms with Gasteiger partial charge in [-0.25, -0.2) is 9.78 Å². The van der Waals surface area contributed by atoms with E-state index in [4.69, 9.17) is 14.5 Å². The molecule has 3 aromatic carbocycles. The van der Waals surface area contributed by atoms with E-state index in [1.807, 2.05) is 71.8 Å². The Balaban J connectivity index is 0.805. The van der Waals surface area contributed by atoms with Crippen LogP contribution in [0.2, 0.25) is 0 Å². The van der Waals surface area contributed by atoms with E-state index in [-0.39, 0.29) is 48.2 Å². The maximum absolute atomic E-state index is 14.4. The fourth-order valence-electron chi connectivity index (χ4n) is 10.1. The average molecular weight is 897 g/mol. The Morgan fingerprint density at radius 2 is 1.33 bits per heavy atom. The Bertz CT molecular complexity index is 2360. The first-order chi connectivity index (χ1) is 32.3. The fourth-order valence-corrected chi connectivity index (χ4v) is 10.1. The molecule has 1 aromatic heterocycles. The minimum Gasteiger partial charge on any atom is -0.378 e. The summed E-state index contributed by atoms with van der Waals surface area (Å²) in [6, 6.07) is 25.1. The fraction of sp³-hybridized carbons (Fsp3) is 0.451. The molecular formula is C51H60N8O7. The zero-order valence-corrected chi connectivity index (χ0v) is 37.4. The lowest BCUT2D eigenvalue weighted by Crippen LogP contribution is -2.54. The molecule has 15 heteroatoms. The van der Waals surface area contributed by atoms with Crippen LogP contribution in [0.5, 0.6) is 0 Å². The summed E-state index contributed by atoms with van der Waals surface area (Å²) in [5, 5.41) is 6.21. The van der Waals surface area contributed by atoms with Crippen molar-refractivity contribution >= 4 is 35.2 Å². The molecule has 5 aliphatic rings. The number of nitrogens with one attached hydrogen (secondary N) is 3. The number of morpholine rings is 2. The Morgan fingerprint density at radius 3 is 2.02 bits per heavy atom. The van der Waals surface area contributed by atoms with Gasteiger partial charge >= 0.3 is 6.03 Å². The third-order valence-electron chi connectivity index (χ3n) is 13.8. The minimum absolute atomic E-state index is 0.0290. The molecule has 346 valence electrons. The summed E-state index contributed by atoms with van der Waals surface area (Å²) in [6.07, 6.45) is 9.31. The number of nitrogens with zero attached hydrogens (tertiary/aromatic N) is 5. The van der Waals surface area contributed by atoms with Gasteiger partial charge in [-0.3, -0.25) is 19.2 Å². The highest BCUT2D eigenvalue weighted by atomic mass is 16.5. The molecule has 0 radical (unpaired) electrons. The number of carbonyl (C=O) groups is 5. The third kappa shape index (κ3) is 10.2. The molecule has 0 saturated carbocycles. The molecule has 3 N–H and O–H groups in total. The number of carbonyl (C=O) groups excluding carboxylic acids is 5. The number of urea groups is 1. The zero-order chi connectivity index (χ0) is 45.4. The molecule has 5 atom stereocenters. The van der Waals surface area contributed by atoms with Crippen molar-refractivity contribution in [3.8, 4) is 11.3 Å². The number of ether oxygens (including phenoxy) is 2. The maximum atomic E-state index is 14.4. The van der Waals surface area contributed by atoms with Crippen LogP contribution in [-0.4, -0.2) is 137 Å². The molecule has 4 fully saturated rings. The van der Waals surface area contributed by atoms with E-state index in [0.29, 0.717) is 90.5 Å². The molecule has 3 unspecified atom stereocenters. The molecule has 66 heavy (non-hydrogen) atoms. The lowest BCUT2D eigenvalue weighted by molar-refractivity contribution is -0.141. The third-order valence-corrected chi connectivity index (χ3v) is 13.8. The second-order valence-corrected chi connectivity index (χ2v) is 17.9. The summed E-state index contributed by atoms with van der Waals surface area (Å²) in [4.78, 5) is 84.3. The molecule has 4 aliphatic heterocycles. The second kappa shape index (κ2) is 20.9. The number of benzene rings is 3. The molecule has 0 spiro atoms. The van der Waals surface area contributed by atoms with Crippen molar-refractivity contribution in [1.29, 1.82) is 0 Å². The van der Waals surface area contributed by atoms with Gasteiger partial charge < -0.3 is 44.7 Å². The Labute approximate surface area is 385 Å². The van der Waals surface area contributed by atoms with Gasteiger partial charge in [-0.2, -0.15) is 0 Å². The van der Waals surface area contributed by atoms with E-state index in [2.05, 4.69) is 46.0 Å². The first-order valence-electron chi connectivity index (χ1n) is 23.7. The molecule has 4 saturated heterocycles.